The van der Waals surface area contributed by atoms with Crippen molar-refractivity contribution in [1.29, 1.82) is 0 Å². The first-order chi connectivity index (χ1) is 23.5. The number of benzene rings is 2. The molecule has 3 saturated heterocycles. The summed E-state index contributed by atoms with van der Waals surface area (Å²) in [6.07, 6.45) is 3.70. The molecule has 3 heterocycles. The molecule has 0 aromatic heterocycles. The number of para-hydroxylation sites is 1. The van der Waals surface area contributed by atoms with Crippen molar-refractivity contribution in [3.05, 3.63) is 90.0 Å². The number of esters is 1. The van der Waals surface area contributed by atoms with Crippen LogP contribution in [0, 0.1) is 18.8 Å². The Balaban J connectivity index is 1.50. The maximum absolute atomic E-state index is 14.8. The number of anilines is 1. The average Bonchev–Trinajstić information content (AvgIpc) is 3.74. The first-order valence-electron chi connectivity index (χ1n) is 16.9. The third-order valence-corrected chi connectivity index (χ3v) is 10.6. The third kappa shape index (κ3) is 6.66. The van der Waals surface area contributed by atoms with Gasteiger partial charge in [-0.25, -0.2) is 0 Å². The maximum Gasteiger partial charge on any atom is 0.313 e. The SMILES string of the molecule is C=CCCC(=O)N(C)[C@@H](C)[C@@H](OC(=O)[C@@H]1[C@@H]2CC[C@]3(O2)[C@H](C(=O)N(CC=C)c2c(C)cccc2Cl)N(CCCO)C(=O)[C@@H]13)c1ccccc1. The van der Waals surface area contributed by atoms with Crippen molar-refractivity contribution in [3.8, 4) is 0 Å². The van der Waals surface area contributed by atoms with Gasteiger partial charge in [0.15, 0.2) is 0 Å². The summed E-state index contributed by atoms with van der Waals surface area (Å²) in [6, 6.07) is 13.0. The van der Waals surface area contributed by atoms with Gasteiger partial charge in [0.1, 0.15) is 17.7 Å². The zero-order chi connectivity index (χ0) is 35.5. The summed E-state index contributed by atoms with van der Waals surface area (Å²) in [5.41, 5.74) is 0.710. The molecule has 2 aromatic carbocycles. The predicted octanol–water partition coefficient (Wildman–Crippen LogP) is 5.02. The first kappa shape index (κ1) is 36.3. The molecule has 3 fully saturated rings. The Morgan fingerprint density at radius 3 is 2.55 bits per heavy atom. The largest absolute Gasteiger partial charge is 0.455 e. The Labute approximate surface area is 293 Å². The molecule has 11 heteroatoms. The van der Waals surface area contributed by atoms with Crippen molar-refractivity contribution >= 4 is 41.0 Å². The van der Waals surface area contributed by atoms with E-state index < -0.39 is 53.6 Å². The number of aliphatic hydroxyl groups is 1. The van der Waals surface area contributed by atoms with Crippen molar-refractivity contribution in [3.63, 3.8) is 0 Å². The van der Waals surface area contributed by atoms with Crippen molar-refractivity contribution in [2.24, 2.45) is 11.8 Å². The molecule has 2 bridgehead atoms. The summed E-state index contributed by atoms with van der Waals surface area (Å²) in [4.78, 5) is 61.1. The van der Waals surface area contributed by atoms with E-state index in [-0.39, 0.29) is 44.4 Å². The Morgan fingerprint density at radius 1 is 1.16 bits per heavy atom. The molecule has 49 heavy (non-hydrogen) atoms. The van der Waals surface area contributed by atoms with Crippen LogP contribution in [0.25, 0.3) is 0 Å². The van der Waals surface area contributed by atoms with Crippen LogP contribution in [0.2, 0.25) is 5.02 Å². The lowest BCUT2D eigenvalue weighted by atomic mass is 9.70. The highest BCUT2D eigenvalue weighted by atomic mass is 35.5. The Bertz CT molecular complexity index is 1560. The summed E-state index contributed by atoms with van der Waals surface area (Å²) in [6.45, 7) is 11.3. The molecule has 10 nitrogen and oxygen atoms in total. The maximum atomic E-state index is 14.8. The van der Waals surface area contributed by atoms with Gasteiger partial charge in [0.25, 0.3) is 5.91 Å². The Kier molecular flexibility index (Phi) is 11.3. The van der Waals surface area contributed by atoms with Crippen LogP contribution < -0.4 is 4.90 Å². The second kappa shape index (κ2) is 15.3. The summed E-state index contributed by atoms with van der Waals surface area (Å²) >= 11 is 6.64. The number of halogens is 1. The minimum atomic E-state index is -1.28. The fourth-order valence-corrected chi connectivity index (χ4v) is 8.16. The first-order valence-corrected chi connectivity index (χ1v) is 17.3. The number of ether oxygens (including phenoxy) is 2. The highest BCUT2D eigenvalue weighted by molar-refractivity contribution is 6.34. The zero-order valence-electron chi connectivity index (χ0n) is 28.4. The normalized spacial score (nSPS) is 25.0. The van der Waals surface area contributed by atoms with Gasteiger partial charge in [-0.1, -0.05) is 66.2 Å². The predicted molar refractivity (Wildman–Crippen MR) is 187 cm³/mol. The number of carbonyl (C=O) groups is 4. The molecular formula is C38H46ClN3O7. The van der Waals surface area contributed by atoms with Crippen molar-refractivity contribution in [2.45, 2.75) is 75.8 Å². The number of fused-ring (bicyclic) bond motifs is 1. The van der Waals surface area contributed by atoms with E-state index >= 15 is 0 Å². The zero-order valence-corrected chi connectivity index (χ0v) is 29.2. The molecule has 5 rings (SSSR count). The van der Waals surface area contributed by atoms with Gasteiger partial charge in [0.2, 0.25) is 11.8 Å². The number of hydrogen-bond donors (Lipinski definition) is 1. The van der Waals surface area contributed by atoms with Gasteiger partial charge in [0.05, 0.1) is 34.7 Å². The molecule has 1 spiro atoms. The number of likely N-dealkylation sites (tertiary alicyclic amines) is 1. The smallest absolute Gasteiger partial charge is 0.313 e. The number of amides is 3. The van der Waals surface area contributed by atoms with E-state index in [4.69, 9.17) is 21.1 Å². The number of carbonyl (C=O) groups excluding carboxylic acids is 4. The van der Waals surface area contributed by atoms with Gasteiger partial charge in [-0.05, 0) is 56.7 Å². The number of nitrogens with zero attached hydrogens (tertiary/aromatic N) is 3. The summed E-state index contributed by atoms with van der Waals surface area (Å²) in [5.74, 6) is -3.44. The summed E-state index contributed by atoms with van der Waals surface area (Å²) in [7, 11) is 1.68. The topological polar surface area (TPSA) is 117 Å². The van der Waals surface area contributed by atoms with E-state index in [0.717, 1.165) is 5.56 Å². The molecule has 3 aliphatic heterocycles. The summed E-state index contributed by atoms with van der Waals surface area (Å²) in [5, 5.41) is 10.1. The van der Waals surface area contributed by atoms with Crippen LogP contribution in [0.1, 0.15) is 56.3 Å². The fraction of sp³-hybridized carbons (Fsp3) is 0.474. The molecule has 7 atom stereocenters. The molecule has 0 radical (unpaired) electrons. The van der Waals surface area contributed by atoms with E-state index in [0.29, 0.717) is 35.5 Å². The van der Waals surface area contributed by atoms with E-state index in [9.17, 15) is 24.3 Å². The van der Waals surface area contributed by atoms with Gasteiger partial charge in [0, 0.05) is 33.2 Å². The van der Waals surface area contributed by atoms with Crippen LogP contribution in [0.3, 0.4) is 0 Å². The minimum absolute atomic E-state index is 0.102. The van der Waals surface area contributed by atoms with E-state index in [1.165, 1.54) is 9.80 Å². The molecule has 0 saturated carbocycles. The van der Waals surface area contributed by atoms with Gasteiger partial charge in [-0.3, -0.25) is 19.2 Å². The van der Waals surface area contributed by atoms with Gasteiger partial charge >= 0.3 is 5.97 Å². The van der Waals surface area contributed by atoms with E-state index in [1.807, 2.05) is 50.2 Å². The Hall–Kier alpha value is -3.99. The molecule has 2 aromatic rings. The molecule has 0 aliphatic carbocycles. The molecule has 1 N–H and O–H groups in total. The van der Waals surface area contributed by atoms with Gasteiger partial charge in [-0.2, -0.15) is 0 Å². The molecular weight excluding hydrogens is 646 g/mol. The molecule has 3 amide bonds. The van der Waals surface area contributed by atoms with Crippen molar-refractivity contribution in [1.82, 2.24) is 9.80 Å². The van der Waals surface area contributed by atoms with Crippen LogP contribution in [0.4, 0.5) is 5.69 Å². The van der Waals surface area contributed by atoms with Crippen LogP contribution in [-0.2, 0) is 28.7 Å². The number of likely N-dealkylation sites (N-methyl/N-ethyl adjacent to an activating group) is 1. The molecule has 3 aliphatic rings. The van der Waals surface area contributed by atoms with Crippen LogP contribution >= 0.6 is 11.6 Å². The minimum Gasteiger partial charge on any atom is -0.455 e. The monoisotopic (exact) mass is 691 g/mol. The molecule has 0 unspecified atom stereocenters. The van der Waals surface area contributed by atoms with E-state index in [2.05, 4.69) is 13.2 Å². The number of hydrogen-bond acceptors (Lipinski definition) is 7. The molecule has 262 valence electrons. The average molecular weight is 692 g/mol. The number of aliphatic hydroxyl groups excluding tert-OH is 1. The van der Waals surface area contributed by atoms with E-state index in [1.54, 1.807) is 36.2 Å². The van der Waals surface area contributed by atoms with Crippen molar-refractivity contribution < 1.29 is 33.8 Å². The quantitative estimate of drug-likeness (QED) is 0.206. The van der Waals surface area contributed by atoms with Gasteiger partial charge < -0.3 is 29.3 Å². The number of rotatable bonds is 15. The second-order valence-corrected chi connectivity index (χ2v) is 13.6. The standard InChI is InChI=1S/C38H46ClN3O7/c1-6-8-18-29(44)40(5)25(4)33(26-15-10-9-11-16-26)48-37(47)30-28-19-20-38(49-28)31(30)35(45)42(22-13-23-43)34(38)36(46)41(21-7-2)32-24(3)14-12-17-27(32)39/h6-7,9-12,14-17,25,28,30-31,33-34,43H,1-2,8,13,18-23H2,3-5H3/t25-,28-,30+,31+,33+,34-,38+/m0/s1. The lowest BCUT2D eigenvalue weighted by Crippen LogP contribution is -2.56. The number of aryl methyl sites for hydroxylation is 1. The number of allylic oxidation sites excluding steroid dienone is 1. The van der Waals surface area contributed by atoms with Crippen LogP contribution in [0.5, 0.6) is 0 Å². The Morgan fingerprint density at radius 2 is 1.90 bits per heavy atom. The van der Waals surface area contributed by atoms with Crippen LogP contribution in [0.15, 0.2) is 73.8 Å². The highest BCUT2D eigenvalue weighted by Crippen LogP contribution is 2.59. The fourth-order valence-electron chi connectivity index (χ4n) is 7.84. The van der Waals surface area contributed by atoms with Gasteiger partial charge in [-0.15, -0.1) is 13.2 Å². The van der Waals surface area contributed by atoms with Crippen LogP contribution in [-0.4, -0.2) is 89.1 Å². The summed E-state index contributed by atoms with van der Waals surface area (Å²) < 4.78 is 12.9. The highest BCUT2D eigenvalue weighted by Gasteiger charge is 2.75. The lowest BCUT2D eigenvalue weighted by molar-refractivity contribution is -0.164. The van der Waals surface area contributed by atoms with Crippen molar-refractivity contribution in [2.75, 3.05) is 31.6 Å². The third-order valence-electron chi connectivity index (χ3n) is 10.3. The lowest BCUT2D eigenvalue weighted by Gasteiger charge is -2.37. The second-order valence-electron chi connectivity index (χ2n) is 13.1.